The van der Waals surface area contributed by atoms with Gasteiger partial charge in [-0.2, -0.15) is 0 Å². The van der Waals surface area contributed by atoms with Crippen molar-refractivity contribution in [2.24, 2.45) is 10.8 Å². The van der Waals surface area contributed by atoms with E-state index in [-0.39, 0.29) is 11.3 Å². The molecule has 11 heavy (non-hydrogen) atoms. The number of hydrogen-bond donors (Lipinski definition) is 1. The Bertz CT molecular complexity index is 204. The van der Waals surface area contributed by atoms with Crippen molar-refractivity contribution < 1.29 is 4.79 Å². The molecule has 0 bridgehead atoms. The first-order valence-corrected chi connectivity index (χ1v) is 4.33. The molecule has 2 aliphatic rings. The summed E-state index contributed by atoms with van der Waals surface area (Å²) in [5.74, 6) is 0.232. The predicted octanol–water partition coefficient (Wildman–Crippen LogP) is 1.31. The van der Waals surface area contributed by atoms with E-state index in [4.69, 9.17) is 0 Å². The summed E-state index contributed by atoms with van der Waals surface area (Å²) in [6.45, 7) is 5.01. The lowest BCUT2D eigenvalue weighted by molar-refractivity contribution is -0.133. The number of piperidine rings is 1. The first-order valence-electron chi connectivity index (χ1n) is 4.33. The van der Waals surface area contributed by atoms with Gasteiger partial charge in [0.1, 0.15) is 0 Å². The van der Waals surface area contributed by atoms with E-state index in [0.29, 0.717) is 5.41 Å². The molecule has 1 saturated carbocycles. The number of carbonyl (C=O) groups excluding carboxylic acids is 1. The molecule has 2 heteroatoms. The minimum Gasteiger partial charge on any atom is -0.355 e. The highest BCUT2D eigenvalue weighted by molar-refractivity contribution is 5.82. The van der Waals surface area contributed by atoms with Crippen molar-refractivity contribution in [3.8, 4) is 0 Å². The van der Waals surface area contributed by atoms with Crippen molar-refractivity contribution >= 4 is 5.91 Å². The molecule has 1 aliphatic carbocycles. The van der Waals surface area contributed by atoms with Crippen LogP contribution in [0, 0.1) is 10.8 Å². The lowest BCUT2D eigenvalue weighted by atomic mass is 9.77. The second kappa shape index (κ2) is 1.79. The van der Waals surface area contributed by atoms with Crippen molar-refractivity contribution in [2.45, 2.75) is 33.1 Å². The van der Waals surface area contributed by atoms with Crippen LogP contribution in [-0.2, 0) is 4.79 Å². The summed E-state index contributed by atoms with van der Waals surface area (Å²) in [6.07, 6.45) is 3.72. The van der Waals surface area contributed by atoms with Gasteiger partial charge in [-0.25, -0.2) is 0 Å². The monoisotopic (exact) mass is 153 g/mol. The zero-order chi connectivity index (χ0) is 8.11. The van der Waals surface area contributed by atoms with E-state index in [1.807, 2.05) is 13.8 Å². The largest absolute Gasteiger partial charge is 0.355 e. The molecule has 2 nitrogen and oxygen atoms in total. The highest BCUT2D eigenvalue weighted by atomic mass is 16.2. The molecular weight excluding hydrogens is 138 g/mol. The molecule has 1 amide bonds. The molecule has 0 aromatic rings. The second-order valence-corrected chi connectivity index (χ2v) is 4.74. The van der Waals surface area contributed by atoms with Crippen molar-refractivity contribution in [2.75, 3.05) is 6.54 Å². The molecule has 1 aliphatic heterocycles. The number of amides is 1. The summed E-state index contributed by atoms with van der Waals surface area (Å²) in [6, 6.07) is 0. The number of hydrogen-bond acceptors (Lipinski definition) is 1. The van der Waals surface area contributed by atoms with Crippen LogP contribution in [0.2, 0.25) is 0 Å². The molecule has 2 rings (SSSR count). The van der Waals surface area contributed by atoms with Gasteiger partial charge in [0, 0.05) is 12.0 Å². The Balaban J connectivity index is 2.14. The molecule has 0 aromatic carbocycles. The number of carbonyl (C=O) groups is 1. The summed E-state index contributed by atoms with van der Waals surface area (Å²) in [7, 11) is 0. The molecule has 0 radical (unpaired) electrons. The van der Waals surface area contributed by atoms with Crippen LogP contribution in [0.25, 0.3) is 0 Å². The molecule has 0 unspecified atom stereocenters. The normalized spacial score (nSPS) is 31.6. The van der Waals surface area contributed by atoms with E-state index >= 15 is 0 Å². The SMILES string of the molecule is CC1(C)CC2(CC2)CNC1=O. The molecule has 0 aromatic heterocycles. The number of nitrogens with one attached hydrogen (secondary N) is 1. The van der Waals surface area contributed by atoms with Gasteiger partial charge >= 0.3 is 0 Å². The summed E-state index contributed by atoms with van der Waals surface area (Å²) in [5, 5.41) is 2.99. The van der Waals surface area contributed by atoms with E-state index in [1.165, 1.54) is 12.8 Å². The van der Waals surface area contributed by atoms with E-state index in [0.717, 1.165) is 13.0 Å². The van der Waals surface area contributed by atoms with Crippen LogP contribution in [0.15, 0.2) is 0 Å². The maximum absolute atomic E-state index is 11.3. The van der Waals surface area contributed by atoms with Crippen LogP contribution in [0.3, 0.4) is 0 Å². The Morgan fingerprint density at radius 2 is 2.00 bits per heavy atom. The Labute approximate surface area is 67.4 Å². The maximum Gasteiger partial charge on any atom is 0.225 e. The first-order chi connectivity index (χ1) is 5.04. The summed E-state index contributed by atoms with van der Waals surface area (Å²) in [4.78, 5) is 11.3. The van der Waals surface area contributed by atoms with E-state index in [2.05, 4.69) is 5.32 Å². The zero-order valence-corrected chi connectivity index (χ0v) is 7.24. The Morgan fingerprint density at radius 3 is 2.45 bits per heavy atom. The fourth-order valence-electron chi connectivity index (χ4n) is 2.12. The molecule has 0 atom stereocenters. The van der Waals surface area contributed by atoms with Crippen molar-refractivity contribution in [3.05, 3.63) is 0 Å². The molecule has 1 heterocycles. The quantitative estimate of drug-likeness (QED) is 0.558. The highest BCUT2D eigenvalue weighted by Crippen LogP contribution is 2.54. The lowest BCUT2D eigenvalue weighted by Gasteiger charge is -2.34. The standard InChI is InChI=1S/C9H15NO/c1-8(2)5-9(3-4-9)6-10-7(8)11/h3-6H2,1-2H3,(H,10,11). The maximum atomic E-state index is 11.3. The van der Waals surface area contributed by atoms with Crippen LogP contribution in [0.5, 0.6) is 0 Å². The third kappa shape index (κ3) is 1.05. The molecule has 62 valence electrons. The van der Waals surface area contributed by atoms with Crippen molar-refractivity contribution in [1.82, 2.24) is 5.32 Å². The summed E-state index contributed by atoms with van der Waals surface area (Å²) >= 11 is 0. The van der Waals surface area contributed by atoms with Crippen molar-refractivity contribution in [1.29, 1.82) is 0 Å². The van der Waals surface area contributed by atoms with Gasteiger partial charge in [-0.3, -0.25) is 4.79 Å². The average molecular weight is 153 g/mol. The summed E-state index contributed by atoms with van der Waals surface area (Å²) in [5.41, 5.74) is 0.395. The van der Waals surface area contributed by atoms with Crippen LogP contribution in [-0.4, -0.2) is 12.5 Å². The van der Waals surface area contributed by atoms with Gasteiger partial charge in [-0.15, -0.1) is 0 Å². The van der Waals surface area contributed by atoms with E-state index in [1.54, 1.807) is 0 Å². The predicted molar refractivity (Wildman–Crippen MR) is 43.1 cm³/mol. The van der Waals surface area contributed by atoms with Gasteiger partial charge in [-0.1, -0.05) is 13.8 Å². The van der Waals surface area contributed by atoms with Gasteiger partial charge in [0.2, 0.25) is 5.91 Å². The lowest BCUT2D eigenvalue weighted by Crippen LogP contribution is -2.47. The minimum atomic E-state index is -0.116. The fourth-order valence-corrected chi connectivity index (χ4v) is 2.12. The Morgan fingerprint density at radius 1 is 1.36 bits per heavy atom. The third-order valence-electron chi connectivity index (χ3n) is 3.01. The van der Waals surface area contributed by atoms with E-state index in [9.17, 15) is 4.79 Å². The van der Waals surface area contributed by atoms with Gasteiger partial charge in [0.15, 0.2) is 0 Å². The number of rotatable bonds is 0. The average Bonchev–Trinajstić information content (AvgIpc) is 2.61. The van der Waals surface area contributed by atoms with Gasteiger partial charge < -0.3 is 5.32 Å². The smallest absolute Gasteiger partial charge is 0.225 e. The topological polar surface area (TPSA) is 29.1 Å². The molecular formula is C9H15NO. The molecule has 1 N–H and O–H groups in total. The minimum absolute atomic E-state index is 0.116. The Hall–Kier alpha value is -0.530. The first kappa shape index (κ1) is 7.14. The highest BCUT2D eigenvalue weighted by Gasteiger charge is 2.51. The molecule has 2 fully saturated rings. The van der Waals surface area contributed by atoms with Gasteiger partial charge in [-0.05, 0) is 24.7 Å². The van der Waals surface area contributed by atoms with Crippen LogP contribution in [0.1, 0.15) is 33.1 Å². The summed E-state index contributed by atoms with van der Waals surface area (Å²) < 4.78 is 0. The fraction of sp³-hybridized carbons (Fsp3) is 0.889. The van der Waals surface area contributed by atoms with Crippen molar-refractivity contribution in [3.63, 3.8) is 0 Å². The molecule has 1 saturated heterocycles. The van der Waals surface area contributed by atoms with Gasteiger partial charge in [0.05, 0.1) is 0 Å². The molecule has 1 spiro atoms. The zero-order valence-electron chi connectivity index (χ0n) is 7.24. The van der Waals surface area contributed by atoms with Crippen LogP contribution in [0.4, 0.5) is 0 Å². The van der Waals surface area contributed by atoms with Gasteiger partial charge in [0.25, 0.3) is 0 Å². The van der Waals surface area contributed by atoms with Crippen LogP contribution >= 0.6 is 0 Å². The van der Waals surface area contributed by atoms with E-state index < -0.39 is 0 Å². The Kier molecular flexibility index (Phi) is 1.16. The third-order valence-corrected chi connectivity index (χ3v) is 3.01. The van der Waals surface area contributed by atoms with Crippen LogP contribution < -0.4 is 5.32 Å². The second-order valence-electron chi connectivity index (χ2n) is 4.74.